The van der Waals surface area contributed by atoms with Gasteiger partial charge in [0.2, 0.25) is 0 Å². The quantitative estimate of drug-likeness (QED) is 0.528. The molecule has 5 nitrogen and oxygen atoms in total. The Morgan fingerprint density at radius 1 is 1.57 bits per heavy atom. The Morgan fingerprint density at radius 2 is 2.36 bits per heavy atom. The molecule has 0 saturated heterocycles. The van der Waals surface area contributed by atoms with E-state index in [9.17, 15) is 10.1 Å². The fourth-order valence-electron chi connectivity index (χ4n) is 1.72. The molecule has 0 N–H and O–H groups in total. The van der Waals surface area contributed by atoms with Gasteiger partial charge in [-0.3, -0.25) is 10.1 Å². The third-order valence-electron chi connectivity index (χ3n) is 2.39. The molecule has 2 rings (SSSR count). The van der Waals surface area contributed by atoms with E-state index in [0.717, 1.165) is 30.5 Å². The van der Waals surface area contributed by atoms with Crippen molar-refractivity contribution in [2.45, 2.75) is 19.3 Å². The Kier molecular flexibility index (Phi) is 2.07. The molecule has 1 aliphatic rings. The van der Waals surface area contributed by atoms with Crippen molar-refractivity contribution in [1.29, 1.82) is 0 Å². The van der Waals surface area contributed by atoms with Gasteiger partial charge in [0.15, 0.2) is 0 Å². The summed E-state index contributed by atoms with van der Waals surface area (Å²) >= 11 is 0. The summed E-state index contributed by atoms with van der Waals surface area (Å²) in [5, 5.41) is 10.7. The maximum Gasteiger partial charge on any atom is 0.331 e. The standard InChI is InChI=1S/C9H10N2O3/c1-14-9-8(11(12)13)5-6-3-2-4-7(6)10-9/h5H,2-4H2,1H3. The summed E-state index contributed by atoms with van der Waals surface area (Å²) in [4.78, 5) is 14.3. The minimum Gasteiger partial charge on any atom is -0.476 e. The average Bonchev–Trinajstić information content (AvgIpc) is 2.62. The predicted molar refractivity (Wildman–Crippen MR) is 49.5 cm³/mol. The van der Waals surface area contributed by atoms with Gasteiger partial charge in [-0.1, -0.05) is 0 Å². The van der Waals surface area contributed by atoms with Crippen molar-refractivity contribution in [1.82, 2.24) is 4.98 Å². The van der Waals surface area contributed by atoms with Gasteiger partial charge in [0.25, 0.3) is 5.88 Å². The molecule has 0 fully saturated rings. The summed E-state index contributed by atoms with van der Waals surface area (Å²) < 4.78 is 4.88. The fourth-order valence-corrected chi connectivity index (χ4v) is 1.72. The van der Waals surface area contributed by atoms with Crippen LogP contribution in [0.3, 0.4) is 0 Å². The number of rotatable bonds is 2. The second kappa shape index (κ2) is 3.25. The number of pyridine rings is 1. The number of nitrogens with zero attached hydrogens (tertiary/aromatic N) is 2. The van der Waals surface area contributed by atoms with Crippen molar-refractivity contribution in [3.8, 4) is 5.88 Å². The van der Waals surface area contributed by atoms with Crippen LogP contribution in [0.5, 0.6) is 5.88 Å². The number of aryl methyl sites for hydroxylation is 2. The van der Waals surface area contributed by atoms with E-state index >= 15 is 0 Å². The Balaban J connectivity index is 2.54. The van der Waals surface area contributed by atoms with E-state index in [1.165, 1.54) is 7.11 Å². The van der Waals surface area contributed by atoms with Gasteiger partial charge in [0.1, 0.15) is 0 Å². The van der Waals surface area contributed by atoms with Gasteiger partial charge in [-0.15, -0.1) is 0 Å². The van der Waals surface area contributed by atoms with E-state index in [4.69, 9.17) is 4.74 Å². The second-order valence-corrected chi connectivity index (χ2v) is 3.23. The Bertz CT molecular complexity index is 390. The molecule has 0 atom stereocenters. The number of fused-ring (bicyclic) bond motifs is 1. The first-order valence-electron chi connectivity index (χ1n) is 4.43. The molecule has 0 aromatic carbocycles. The van der Waals surface area contributed by atoms with Gasteiger partial charge < -0.3 is 4.74 Å². The van der Waals surface area contributed by atoms with Crippen LogP contribution in [0.25, 0.3) is 0 Å². The van der Waals surface area contributed by atoms with Crippen LogP contribution >= 0.6 is 0 Å². The van der Waals surface area contributed by atoms with Crippen molar-refractivity contribution >= 4 is 5.69 Å². The van der Waals surface area contributed by atoms with Crippen LogP contribution in [0, 0.1) is 10.1 Å². The summed E-state index contributed by atoms with van der Waals surface area (Å²) in [7, 11) is 1.40. The highest BCUT2D eigenvalue weighted by molar-refractivity contribution is 5.46. The average molecular weight is 194 g/mol. The number of aromatic nitrogens is 1. The first kappa shape index (κ1) is 8.93. The molecule has 5 heteroatoms. The highest BCUT2D eigenvalue weighted by Crippen LogP contribution is 2.31. The van der Waals surface area contributed by atoms with E-state index < -0.39 is 4.92 Å². The van der Waals surface area contributed by atoms with E-state index in [1.54, 1.807) is 6.07 Å². The van der Waals surface area contributed by atoms with Crippen molar-refractivity contribution in [3.63, 3.8) is 0 Å². The maximum atomic E-state index is 10.7. The molecule has 1 aliphatic carbocycles. The summed E-state index contributed by atoms with van der Waals surface area (Å²) in [6.07, 6.45) is 2.80. The highest BCUT2D eigenvalue weighted by Gasteiger charge is 2.22. The number of ether oxygens (including phenoxy) is 1. The van der Waals surface area contributed by atoms with E-state index in [-0.39, 0.29) is 11.6 Å². The van der Waals surface area contributed by atoms with Crippen LogP contribution in [-0.2, 0) is 12.8 Å². The van der Waals surface area contributed by atoms with Crippen LogP contribution in [-0.4, -0.2) is 17.0 Å². The number of methoxy groups -OCH3 is 1. The minimum atomic E-state index is -0.454. The Labute approximate surface area is 80.9 Å². The fraction of sp³-hybridized carbons (Fsp3) is 0.444. The first-order chi connectivity index (χ1) is 6.72. The van der Waals surface area contributed by atoms with E-state index in [1.807, 2.05) is 0 Å². The van der Waals surface area contributed by atoms with Gasteiger partial charge in [0.05, 0.1) is 12.0 Å². The molecule has 0 aliphatic heterocycles. The molecule has 0 amide bonds. The monoisotopic (exact) mass is 194 g/mol. The number of hydrogen-bond donors (Lipinski definition) is 0. The normalized spacial score (nSPS) is 13.8. The zero-order valence-electron chi connectivity index (χ0n) is 7.82. The van der Waals surface area contributed by atoms with E-state index in [2.05, 4.69) is 4.98 Å². The lowest BCUT2D eigenvalue weighted by molar-refractivity contribution is -0.386. The molecule has 1 heterocycles. The Morgan fingerprint density at radius 3 is 3.00 bits per heavy atom. The summed E-state index contributed by atoms with van der Waals surface area (Å²) in [6, 6.07) is 1.58. The highest BCUT2D eigenvalue weighted by atomic mass is 16.6. The van der Waals surface area contributed by atoms with E-state index in [0.29, 0.717) is 0 Å². The summed E-state index contributed by atoms with van der Waals surface area (Å²) in [5.41, 5.74) is 1.89. The van der Waals surface area contributed by atoms with Crippen molar-refractivity contribution in [2.24, 2.45) is 0 Å². The third kappa shape index (κ3) is 1.30. The molecule has 0 saturated carbocycles. The molecule has 1 aromatic rings. The molecular formula is C9H10N2O3. The SMILES string of the molecule is COc1nc2c(cc1[N+](=O)[O-])CCC2. The molecule has 0 bridgehead atoms. The van der Waals surface area contributed by atoms with Gasteiger partial charge in [0, 0.05) is 11.8 Å². The smallest absolute Gasteiger partial charge is 0.331 e. The van der Waals surface area contributed by atoms with Crippen molar-refractivity contribution in [3.05, 3.63) is 27.4 Å². The van der Waals surface area contributed by atoms with Gasteiger partial charge in [-0.25, -0.2) is 4.98 Å². The zero-order valence-corrected chi connectivity index (χ0v) is 7.82. The first-order valence-corrected chi connectivity index (χ1v) is 4.43. The van der Waals surface area contributed by atoms with Crippen LogP contribution in [0.4, 0.5) is 5.69 Å². The maximum absolute atomic E-state index is 10.7. The number of hydrogen-bond acceptors (Lipinski definition) is 4. The molecule has 0 spiro atoms. The molecule has 0 radical (unpaired) electrons. The van der Waals surface area contributed by atoms with Crippen molar-refractivity contribution < 1.29 is 9.66 Å². The molecule has 14 heavy (non-hydrogen) atoms. The van der Waals surface area contributed by atoms with Crippen LogP contribution in [0.15, 0.2) is 6.07 Å². The van der Waals surface area contributed by atoms with Crippen LogP contribution in [0.1, 0.15) is 17.7 Å². The predicted octanol–water partition coefficient (Wildman–Crippen LogP) is 1.49. The van der Waals surface area contributed by atoms with Gasteiger partial charge in [-0.05, 0) is 24.8 Å². The molecular weight excluding hydrogens is 184 g/mol. The summed E-state index contributed by atoms with van der Waals surface area (Å²) in [6.45, 7) is 0. The second-order valence-electron chi connectivity index (χ2n) is 3.23. The number of nitro groups is 1. The third-order valence-corrected chi connectivity index (χ3v) is 2.39. The topological polar surface area (TPSA) is 65.3 Å². The van der Waals surface area contributed by atoms with Gasteiger partial charge >= 0.3 is 5.69 Å². The Hall–Kier alpha value is -1.65. The molecule has 74 valence electrons. The van der Waals surface area contributed by atoms with Gasteiger partial charge in [-0.2, -0.15) is 0 Å². The lowest BCUT2D eigenvalue weighted by atomic mass is 10.2. The molecule has 0 unspecified atom stereocenters. The van der Waals surface area contributed by atoms with Crippen LogP contribution in [0.2, 0.25) is 0 Å². The van der Waals surface area contributed by atoms with Crippen molar-refractivity contribution in [2.75, 3.05) is 7.11 Å². The largest absolute Gasteiger partial charge is 0.476 e. The lowest BCUT2D eigenvalue weighted by Gasteiger charge is -2.03. The molecule has 1 aromatic heterocycles. The lowest BCUT2D eigenvalue weighted by Crippen LogP contribution is -1.99. The summed E-state index contributed by atoms with van der Waals surface area (Å²) in [5.74, 6) is 0.121. The van der Waals surface area contributed by atoms with Crippen LogP contribution < -0.4 is 4.74 Å². The zero-order chi connectivity index (χ0) is 10.1. The minimum absolute atomic E-state index is 0.0341.